The molecule has 0 heterocycles. The summed E-state index contributed by atoms with van der Waals surface area (Å²) in [4.78, 5) is 13.9. The van der Waals surface area contributed by atoms with Crippen molar-refractivity contribution in [3.63, 3.8) is 0 Å². The van der Waals surface area contributed by atoms with Crippen LogP contribution >= 0.6 is 0 Å². The number of nitrogens with zero attached hydrogens (tertiary/aromatic N) is 1. The zero-order chi connectivity index (χ0) is 12.8. The lowest BCUT2D eigenvalue weighted by Crippen LogP contribution is -2.34. The molecule has 1 aromatic rings. The fraction of sp³-hybridized carbons (Fsp3) is 0.500. The molecule has 3 nitrogen and oxygen atoms in total. The Kier molecular flexibility index (Phi) is 5.01. The zero-order valence-electron chi connectivity index (χ0n) is 10.9. The van der Waals surface area contributed by atoms with Gasteiger partial charge < -0.3 is 10.6 Å². The number of carbonyl (C=O) groups excluding carboxylic acids is 1. The number of nitrogen functional groups attached to an aromatic ring is 1. The van der Waals surface area contributed by atoms with Gasteiger partial charge in [-0.25, -0.2) is 0 Å². The first-order chi connectivity index (χ1) is 8.04. The molecule has 17 heavy (non-hydrogen) atoms. The average molecular weight is 234 g/mol. The van der Waals surface area contributed by atoms with Crippen LogP contribution in [0.25, 0.3) is 0 Å². The van der Waals surface area contributed by atoms with E-state index in [1.807, 2.05) is 43.0 Å². The fourth-order valence-electron chi connectivity index (χ4n) is 1.75. The number of hydrogen-bond donors (Lipinski definition) is 1. The summed E-state index contributed by atoms with van der Waals surface area (Å²) < 4.78 is 0. The number of anilines is 1. The first-order valence-electron chi connectivity index (χ1n) is 6.17. The minimum absolute atomic E-state index is 0.0512. The van der Waals surface area contributed by atoms with Crippen LogP contribution in [-0.4, -0.2) is 17.4 Å². The molecule has 2 N–H and O–H groups in total. The fourth-order valence-corrected chi connectivity index (χ4v) is 1.75. The van der Waals surface area contributed by atoms with Crippen molar-refractivity contribution in [1.29, 1.82) is 0 Å². The average Bonchev–Trinajstić information content (AvgIpc) is 2.30. The highest BCUT2D eigenvalue weighted by Gasteiger charge is 2.16. The van der Waals surface area contributed by atoms with Crippen molar-refractivity contribution in [3.05, 3.63) is 29.8 Å². The van der Waals surface area contributed by atoms with Crippen LogP contribution in [0, 0.1) is 5.92 Å². The smallest absolute Gasteiger partial charge is 0.225 e. The number of nitrogens with two attached hydrogens (primary N) is 1. The molecule has 0 saturated carbocycles. The number of amides is 1. The minimum Gasteiger partial charge on any atom is -0.399 e. The summed E-state index contributed by atoms with van der Waals surface area (Å²) in [5.41, 5.74) is 7.53. The lowest BCUT2D eigenvalue weighted by Gasteiger charge is -2.24. The summed E-state index contributed by atoms with van der Waals surface area (Å²) in [6.45, 7) is 7.44. The Labute approximate surface area is 104 Å². The molecule has 1 rings (SSSR count). The van der Waals surface area contributed by atoms with Crippen molar-refractivity contribution in [3.8, 4) is 0 Å². The molecule has 3 heteroatoms. The molecule has 0 atom stereocenters. The summed E-state index contributed by atoms with van der Waals surface area (Å²) in [6.07, 6.45) is 0.980. The lowest BCUT2D eigenvalue weighted by atomic mass is 10.1. The summed E-state index contributed by atoms with van der Waals surface area (Å²) in [7, 11) is 0. The second-order valence-corrected chi connectivity index (χ2v) is 4.66. The van der Waals surface area contributed by atoms with Crippen LogP contribution in [0.5, 0.6) is 0 Å². The Morgan fingerprint density at radius 1 is 1.29 bits per heavy atom. The maximum absolute atomic E-state index is 12.0. The predicted octanol–water partition coefficient (Wildman–Crippen LogP) is 2.66. The largest absolute Gasteiger partial charge is 0.399 e. The quantitative estimate of drug-likeness (QED) is 0.796. The molecular weight excluding hydrogens is 212 g/mol. The van der Waals surface area contributed by atoms with Crippen LogP contribution in [0.4, 0.5) is 5.69 Å². The van der Waals surface area contributed by atoms with E-state index in [1.54, 1.807) is 0 Å². The standard InChI is InChI=1S/C14H22N2O/c1-4-9-16(14(17)11(2)3)10-12-5-7-13(15)8-6-12/h5-8,11H,4,9-10,15H2,1-3H3. The Balaban J connectivity index is 2.72. The van der Waals surface area contributed by atoms with E-state index in [-0.39, 0.29) is 11.8 Å². The second-order valence-electron chi connectivity index (χ2n) is 4.66. The molecule has 0 aliphatic rings. The van der Waals surface area contributed by atoms with Crippen LogP contribution in [0.3, 0.4) is 0 Å². The molecule has 1 aromatic carbocycles. The van der Waals surface area contributed by atoms with Gasteiger partial charge in [-0.15, -0.1) is 0 Å². The van der Waals surface area contributed by atoms with E-state index < -0.39 is 0 Å². The van der Waals surface area contributed by atoms with Gasteiger partial charge in [0.1, 0.15) is 0 Å². The number of rotatable bonds is 5. The Morgan fingerprint density at radius 3 is 2.35 bits per heavy atom. The normalized spacial score (nSPS) is 10.6. The van der Waals surface area contributed by atoms with Crippen LogP contribution in [0.1, 0.15) is 32.8 Å². The van der Waals surface area contributed by atoms with E-state index >= 15 is 0 Å². The Morgan fingerprint density at radius 2 is 1.88 bits per heavy atom. The molecule has 94 valence electrons. The predicted molar refractivity (Wildman–Crippen MR) is 71.4 cm³/mol. The topological polar surface area (TPSA) is 46.3 Å². The van der Waals surface area contributed by atoms with Gasteiger partial charge in [0.15, 0.2) is 0 Å². The summed E-state index contributed by atoms with van der Waals surface area (Å²) in [5, 5.41) is 0. The zero-order valence-corrected chi connectivity index (χ0v) is 10.9. The molecule has 0 unspecified atom stereocenters. The third-order valence-corrected chi connectivity index (χ3v) is 2.65. The van der Waals surface area contributed by atoms with Gasteiger partial charge >= 0.3 is 0 Å². The van der Waals surface area contributed by atoms with Gasteiger partial charge in [0, 0.05) is 24.7 Å². The van der Waals surface area contributed by atoms with Gasteiger partial charge in [-0.2, -0.15) is 0 Å². The second kappa shape index (κ2) is 6.28. The van der Waals surface area contributed by atoms with Crippen molar-refractivity contribution in [1.82, 2.24) is 4.90 Å². The molecule has 0 spiro atoms. The monoisotopic (exact) mass is 234 g/mol. The highest BCUT2D eigenvalue weighted by molar-refractivity contribution is 5.78. The Hall–Kier alpha value is -1.51. The van der Waals surface area contributed by atoms with Crippen LogP contribution in [0.15, 0.2) is 24.3 Å². The van der Waals surface area contributed by atoms with E-state index in [2.05, 4.69) is 6.92 Å². The molecule has 0 fully saturated rings. The van der Waals surface area contributed by atoms with E-state index in [0.717, 1.165) is 24.2 Å². The van der Waals surface area contributed by atoms with Gasteiger partial charge in [-0.1, -0.05) is 32.9 Å². The lowest BCUT2D eigenvalue weighted by molar-refractivity contribution is -0.135. The molecule has 0 aliphatic carbocycles. The molecule has 0 aromatic heterocycles. The highest BCUT2D eigenvalue weighted by atomic mass is 16.2. The van der Waals surface area contributed by atoms with Crippen molar-refractivity contribution < 1.29 is 4.79 Å². The minimum atomic E-state index is 0.0512. The SMILES string of the molecule is CCCN(Cc1ccc(N)cc1)C(=O)C(C)C. The van der Waals surface area contributed by atoms with Crippen molar-refractivity contribution in [2.75, 3.05) is 12.3 Å². The third kappa shape index (κ3) is 4.10. The Bertz CT molecular complexity index is 357. The molecular formula is C14H22N2O. The van der Waals surface area contributed by atoms with Gasteiger partial charge in [-0.3, -0.25) is 4.79 Å². The van der Waals surface area contributed by atoms with Gasteiger partial charge in [0.05, 0.1) is 0 Å². The number of carbonyl (C=O) groups is 1. The maximum Gasteiger partial charge on any atom is 0.225 e. The van der Waals surface area contributed by atoms with E-state index in [9.17, 15) is 4.79 Å². The molecule has 0 aliphatic heterocycles. The van der Waals surface area contributed by atoms with Crippen molar-refractivity contribution in [2.45, 2.75) is 33.7 Å². The molecule has 0 radical (unpaired) electrons. The third-order valence-electron chi connectivity index (χ3n) is 2.65. The number of hydrogen-bond acceptors (Lipinski definition) is 2. The molecule has 0 bridgehead atoms. The van der Waals surface area contributed by atoms with Crippen LogP contribution in [-0.2, 0) is 11.3 Å². The van der Waals surface area contributed by atoms with E-state index in [4.69, 9.17) is 5.73 Å². The first-order valence-corrected chi connectivity index (χ1v) is 6.17. The van der Waals surface area contributed by atoms with Gasteiger partial charge in [-0.05, 0) is 24.1 Å². The van der Waals surface area contributed by atoms with E-state index in [1.165, 1.54) is 0 Å². The van der Waals surface area contributed by atoms with E-state index in [0.29, 0.717) is 6.54 Å². The first kappa shape index (κ1) is 13.6. The summed E-state index contributed by atoms with van der Waals surface area (Å²) in [6, 6.07) is 7.70. The maximum atomic E-state index is 12.0. The van der Waals surface area contributed by atoms with Crippen LogP contribution < -0.4 is 5.73 Å². The van der Waals surface area contributed by atoms with Crippen LogP contribution in [0.2, 0.25) is 0 Å². The van der Waals surface area contributed by atoms with Gasteiger partial charge in [0.2, 0.25) is 5.91 Å². The van der Waals surface area contributed by atoms with Gasteiger partial charge in [0.25, 0.3) is 0 Å². The van der Waals surface area contributed by atoms with Crippen molar-refractivity contribution >= 4 is 11.6 Å². The molecule has 0 saturated heterocycles. The molecule has 1 amide bonds. The van der Waals surface area contributed by atoms with Crippen molar-refractivity contribution in [2.24, 2.45) is 5.92 Å². The summed E-state index contributed by atoms with van der Waals surface area (Å²) in [5.74, 6) is 0.263. The number of benzene rings is 1. The highest BCUT2D eigenvalue weighted by Crippen LogP contribution is 2.11. The summed E-state index contributed by atoms with van der Waals surface area (Å²) >= 11 is 0.